The second-order valence-corrected chi connectivity index (χ2v) is 10.7. The number of pyridine rings is 1. The third kappa shape index (κ3) is 6.83. The molecule has 0 unspecified atom stereocenters. The molecular formula is C25H30N6O3S. The smallest absolute Gasteiger partial charge is 0.180 e. The number of thioether (sulfide) groups is 1. The highest BCUT2D eigenvalue weighted by Gasteiger charge is 2.11. The van der Waals surface area contributed by atoms with E-state index in [-0.39, 0.29) is 4.75 Å². The van der Waals surface area contributed by atoms with Gasteiger partial charge in [-0.25, -0.2) is 14.6 Å². The highest BCUT2D eigenvalue weighted by atomic mass is 32.2. The third-order valence-electron chi connectivity index (χ3n) is 4.95. The van der Waals surface area contributed by atoms with E-state index in [9.17, 15) is 0 Å². The number of anilines is 2. The first kappa shape index (κ1) is 24.7. The number of hydrogen-bond acceptors (Lipinski definition) is 9. The molecule has 0 aliphatic heterocycles. The average molecular weight is 495 g/mol. The Bertz CT molecular complexity index is 1270. The molecule has 0 aliphatic carbocycles. The standard InChI is InChI=1S/C25H30N6O3S/c1-25(2,3)35-9-8-34-16-31-15-17(13-27-31)22-14-26-21-6-7-23(30-24(21)29-22)28-18-10-19(32-4)12-20(11-18)33-5/h6-7,10-15H,8-9,16H2,1-5H3,(H,28,29,30). The summed E-state index contributed by atoms with van der Waals surface area (Å²) in [6.45, 7) is 7.66. The van der Waals surface area contributed by atoms with Gasteiger partial charge in [-0.2, -0.15) is 16.9 Å². The van der Waals surface area contributed by atoms with E-state index >= 15 is 0 Å². The summed E-state index contributed by atoms with van der Waals surface area (Å²) in [4.78, 5) is 13.9. The molecule has 4 aromatic rings. The van der Waals surface area contributed by atoms with Crippen molar-refractivity contribution in [3.8, 4) is 22.8 Å². The van der Waals surface area contributed by atoms with Crippen molar-refractivity contribution >= 4 is 34.4 Å². The molecule has 0 aliphatic rings. The van der Waals surface area contributed by atoms with Crippen molar-refractivity contribution in [1.29, 1.82) is 0 Å². The fraction of sp³-hybridized carbons (Fsp3) is 0.360. The molecule has 1 aromatic carbocycles. The summed E-state index contributed by atoms with van der Waals surface area (Å²) in [5.41, 5.74) is 3.57. The zero-order chi connectivity index (χ0) is 24.8. The Morgan fingerprint density at radius 1 is 1.00 bits per heavy atom. The van der Waals surface area contributed by atoms with Crippen LogP contribution < -0.4 is 14.8 Å². The first-order valence-corrected chi connectivity index (χ1v) is 12.2. The Hall–Kier alpha value is -3.37. The van der Waals surface area contributed by atoms with Crippen LogP contribution in [-0.4, -0.2) is 56.1 Å². The average Bonchev–Trinajstić information content (AvgIpc) is 3.31. The highest BCUT2D eigenvalue weighted by molar-refractivity contribution is 8.00. The Morgan fingerprint density at radius 3 is 2.49 bits per heavy atom. The molecule has 10 heteroatoms. The Labute approximate surface area is 209 Å². The van der Waals surface area contributed by atoms with Crippen molar-refractivity contribution in [2.45, 2.75) is 32.2 Å². The molecule has 0 spiro atoms. The number of ether oxygens (including phenoxy) is 3. The van der Waals surface area contributed by atoms with Crippen LogP contribution in [-0.2, 0) is 11.5 Å². The van der Waals surface area contributed by atoms with Crippen LogP contribution >= 0.6 is 11.8 Å². The van der Waals surface area contributed by atoms with Gasteiger partial charge in [0.2, 0.25) is 0 Å². The van der Waals surface area contributed by atoms with Gasteiger partial charge in [-0.3, -0.25) is 4.98 Å². The minimum absolute atomic E-state index is 0.237. The topological polar surface area (TPSA) is 96.2 Å². The minimum atomic E-state index is 0.237. The summed E-state index contributed by atoms with van der Waals surface area (Å²) in [6, 6.07) is 9.29. The first-order chi connectivity index (χ1) is 16.8. The molecule has 0 radical (unpaired) electrons. The van der Waals surface area contributed by atoms with Gasteiger partial charge in [0.15, 0.2) is 5.65 Å². The molecule has 0 bridgehead atoms. The fourth-order valence-electron chi connectivity index (χ4n) is 3.27. The predicted molar refractivity (Wildman–Crippen MR) is 140 cm³/mol. The van der Waals surface area contributed by atoms with Crippen LogP contribution in [0.3, 0.4) is 0 Å². The largest absolute Gasteiger partial charge is 0.497 e. The summed E-state index contributed by atoms with van der Waals surface area (Å²) in [6.07, 6.45) is 5.39. The van der Waals surface area contributed by atoms with E-state index in [1.165, 1.54) is 0 Å². The number of nitrogens with zero attached hydrogens (tertiary/aromatic N) is 5. The molecule has 35 heavy (non-hydrogen) atoms. The van der Waals surface area contributed by atoms with Gasteiger partial charge in [0, 0.05) is 46.1 Å². The van der Waals surface area contributed by atoms with Crippen LogP contribution in [0.2, 0.25) is 0 Å². The summed E-state index contributed by atoms with van der Waals surface area (Å²) in [5, 5.41) is 7.66. The quantitative estimate of drug-likeness (QED) is 0.300. The molecule has 9 nitrogen and oxygen atoms in total. The molecule has 4 rings (SSSR count). The van der Waals surface area contributed by atoms with Crippen molar-refractivity contribution < 1.29 is 14.2 Å². The molecule has 0 amide bonds. The molecular weight excluding hydrogens is 464 g/mol. The molecule has 0 saturated carbocycles. The lowest BCUT2D eigenvalue weighted by Gasteiger charge is -2.17. The van der Waals surface area contributed by atoms with Gasteiger partial charge in [-0.1, -0.05) is 20.8 Å². The normalized spacial score (nSPS) is 11.6. The van der Waals surface area contributed by atoms with Gasteiger partial charge in [-0.15, -0.1) is 0 Å². The van der Waals surface area contributed by atoms with E-state index in [2.05, 4.69) is 41.2 Å². The van der Waals surface area contributed by atoms with Gasteiger partial charge < -0.3 is 19.5 Å². The number of methoxy groups -OCH3 is 2. The molecule has 0 fully saturated rings. The van der Waals surface area contributed by atoms with E-state index in [0.717, 1.165) is 17.0 Å². The number of benzene rings is 1. The number of rotatable bonds is 10. The minimum Gasteiger partial charge on any atom is -0.497 e. The Morgan fingerprint density at radius 2 is 1.77 bits per heavy atom. The van der Waals surface area contributed by atoms with E-state index in [1.54, 1.807) is 31.3 Å². The number of aromatic nitrogens is 5. The molecule has 0 atom stereocenters. The first-order valence-electron chi connectivity index (χ1n) is 11.2. The van der Waals surface area contributed by atoms with Crippen LogP contribution in [0, 0.1) is 0 Å². The second kappa shape index (κ2) is 10.9. The number of hydrogen-bond donors (Lipinski definition) is 1. The lowest BCUT2D eigenvalue weighted by Crippen LogP contribution is -2.12. The van der Waals surface area contributed by atoms with Gasteiger partial charge >= 0.3 is 0 Å². The third-order valence-corrected chi connectivity index (χ3v) is 6.18. The van der Waals surface area contributed by atoms with Gasteiger partial charge in [-0.05, 0) is 12.1 Å². The maximum Gasteiger partial charge on any atom is 0.180 e. The van der Waals surface area contributed by atoms with Crippen LogP contribution in [0.4, 0.5) is 11.5 Å². The van der Waals surface area contributed by atoms with Gasteiger partial charge in [0.1, 0.15) is 29.6 Å². The van der Waals surface area contributed by atoms with E-state index in [0.29, 0.717) is 47.5 Å². The summed E-state index contributed by atoms with van der Waals surface area (Å²) in [7, 11) is 3.23. The number of fused-ring (bicyclic) bond motifs is 1. The van der Waals surface area contributed by atoms with Crippen molar-refractivity contribution in [3.63, 3.8) is 0 Å². The van der Waals surface area contributed by atoms with Crippen molar-refractivity contribution in [1.82, 2.24) is 24.7 Å². The van der Waals surface area contributed by atoms with Crippen LogP contribution in [0.1, 0.15) is 20.8 Å². The SMILES string of the molecule is COc1cc(Nc2ccc3ncc(-c4cnn(COCCSC(C)(C)C)c4)nc3n2)cc(OC)c1. The van der Waals surface area contributed by atoms with E-state index < -0.39 is 0 Å². The van der Waals surface area contributed by atoms with Crippen molar-refractivity contribution in [2.75, 3.05) is 31.9 Å². The lowest BCUT2D eigenvalue weighted by molar-refractivity contribution is 0.0811. The van der Waals surface area contributed by atoms with Gasteiger partial charge in [0.05, 0.1) is 38.9 Å². The van der Waals surface area contributed by atoms with Gasteiger partial charge in [0.25, 0.3) is 0 Å². The molecule has 3 aromatic heterocycles. The maximum absolute atomic E-state index is 5.74. The van der Waals surface area contributed by atoms with Crippen molar-refractivity contribution in [3.05, 3.63) is 48.9 Å². The molecule has 184 valence electrons. The second-order valence-electron chi connectivity index (χ2n) is 8.79. The lowest BCUT2D eigenvalue weighted by atomic mass is 10.2. The summed E-state index contributed by atoms with van der Waals surface area (Å²) >= 11 is 1.88. The van der Waals surface area contributed by atoms with E-state index in [1.807, 2.05) is 48.3 Å². The highest BCUT2D eigenvalue weighted by Crippen LogP contribution is 2.28. The van der Waals surface area contributed by atoms with Crippen LogP contribution in [0.15, 0.2) is 48.9 Å². The molecule has 3 heterocycles. The predicted octanol–water partition coefficient (Wildman–Crippen LogP) is 5.15. The Balaban J connectivity index is 1.45. The van der Waals surface area contributed by atoms with Crippen molar-refractivity contribution in [2.24, 2.45) is 0 Å². The summed E-state index contributed by atoms with van der Waals surface area (Å²) < 4.78 is 18.4. The van der Waals surface area contributed by atoms with Crippen LogP contribution in [0.25, 0.3) is 22.4 Å². The Kier molecular flexibility index (Phi) is 7.72. The summed E-state index contributed by atoms with van der Waals surface area (Å²) in [5.74, 6) is 2.95. The molecule has 0 saturated heterocycles. The fourth-order valence-corrected chi connectivity index (χ4v) is 4.08. The zero-order valence-electron chi connectivity index (χ0n) is 20.6. The maximum atomic E-state index is 5.74. The molecule has 1 N–H and O–H groups in total. The van der Waals surface area contributed by atoms with E-state index in [4.69, 9.17) is 19.2 Å². The monoisotopic (exact) mass is 494 g/mol. The zero-order valence-corrected chi connectivity index (χ0v) is 21.4. The number of nitrogens with one attached hydrogen (secondary N) is 1. The van der Waals surface area contributed by atoms with Crippen LogP contribution in [0.5, 0.6) is 11.5 Å².